The summed E-state index contributed by atoms with van der Waals surface area (Å²) < 4.78 is 7.64. The molecular weight excluding hydrogens is 605 g/mol. The number of likely N-dealkylation sites (tertiary alicyclic amines) is 1. The lowest BCUT2D eigenvalue weighted by atomic mass is 10.0. The van der Waals surface area contributed by atoms with Gasteiger partial charge in [0, 0.05) is 43.2 Å². The van der Waals surface area contributed by atoms with Crippen LogP contribution in [0.2, 0.25) is 5.02 Å². The molecule has 0 radical (unpaired) electrons. The lowest BCUT2D eigenvalue weighted by Crippen LogP contribution is -2.35. The summed E-state index contributed by atoms with van der Waals surface area (Å²) in [7, 11) is 2.10. The first-order chi connectivity index (χ1) is 20.8. The van der Waals surface area contributed by atoms with E-state index in [-0.39, 0.29) is 52.5 Å². The Labute approximate surface area is 266 Å². The molecular formula is C32H33Cl2N5O5. The normalized spacial score (nSPS) is 13.6. The number of rotatable bonds is 9. The molecule has 0 bridgehead atoms. The van der Waals surface area contributed by atoms with Crippen LogP contribution in [0.5, 0.6) is 5.75 Å². The highest BCUT2D eigenvalue weighted by Gasteiger charge is 2.19. The fourth-order valence-corrected chi connectivity index (χ4v) is 4.99. The van der Waals surface area contributed by atoms with Gasteiger partial charge in [0.1, 0.15) is 11.6 Å². The molecule has 3 heterocycles. The number of phenolic OH excluding ortho intramolecular Hbond substituents is 1. The first-order valence-corrected chi connectivity index (χ1v) is 14.3. The molecule has 4 aromatic rings. The van der Waals surface area contributed by atoms with Crippen molar-refractivity contribution in [1.29, 1.82) is 0 Å². The Balaban J connectivity index is 0.00000442. The highest BCUT2D eigenvalue weighted by molar-refractivity contribution is 6.30. The lowest BCUT2D eigenvalue weighted by Gasteiger charge is -2.28. The molecule has 5 rings (SSSR count). The Bertz CT molecular complexity index is 1650. The van der Waals surface area contributed by atoms with E-state index < -0.39 is 11.8 Å². The Morgan fingerprint density at radius 1 is 1.00 bits per heavy atom. The van der Waals surface area contributed by atoms with E-state index in [9.17, 15) is 19.5 Å². The van der Waals surface area contributed by atoms with Gasteiger partial charge < -0.3 is 29.9 Å². The number of phenols is 1. The molecule has 0 atom stereocenters. The van der Waals surface area contributed by atoms with Gasteiger partial charge in [0.15, 0.2) is 0 Å². The molecule has 12 heteroatoms. The van der Waals surface area contributed by atoms with E-state index in [0.717, 1.165) is 25.9 Å². The predicted molar refractivity (Wildman–Crippen MR) is 173 cm³/mol. The van der Waals surface area contributed by atoms with E-state index in [1.165, 1.54) is 30.5 Å². The number of pyridine rings is 2. The third-order valence-corrected chi connectivity index (χ3v) is 7.55. The third kappa shape index (κ3) is 8.03. The zero-order valence-electron chi connectivity index (χ0n) is 24.0. The molecule has 2 aromatic carbocycles. The minimum atomic E-state index is -0.575. The maximum Gasteiger partial charge on any atom is 0.259 e. The van der Waals surface area contributed by atoms with Gasteiger partial charge >= 0.3 is 0 Å². The topological polar surface area (TPSA) is 126 Å². The van der Waals surface area contributed by atoms with Gasteiger partial charge in [0.25, 0.3) is 17.4 Å². The second-order valence-corrected chi connectivity index (χ2v) is 10.8. The Hall–Kier alpha value is -4.22. The number of carbonyl (C=O) groups is 2. The summed E-state index contributed by atoms with van der Waals surface area (Å²) in [5.41, 5.74) is 1.30. The smallest absolute Gasteiger partial charge is 0.259 e. The summed E-state index contributed by atoms with van der Waals surface area (Å²) in [6.45, 7) is 2.93. The van der Waals surface area contributed by atoms with Crippen molar-refractivity contribution in [2.75, 3.05) is 37.4 Å². The molecule has 0 unspecified atom stereocenters. The average Bonchev–Trinajstić information content (AvgIpc) is 3.01. The molecule has 0 aliphatic carbocycles. The second-order valence-electron chi connectivity index (χ2n) is 10.3. The number of nitrogens with zero attached hydrogens (tertiary/aromatic N) is 3. The van der Waals surface area contributed by atoms with E-state index >= 15 is 0 Å². The van der Waals surface area contributed by atoms with Gasteiger partial charge in [-0.05, 0) is 74.0 Å². The van der Waals surface area contributed by atoms with E-state index in [1.54, 1.807) is 47.2 Å². The number of ether oxygens (including phenoxy) is 1. The minimum Gasteiger partial charge on any atom is -0.506 e. The van der Waals surface area contributed by atoms with Crippen LogP contribution in [0, 0.1) is 0 Å². The van der Waals surface area contributed by atoms with Gasteiger partial charge in [-0.15, -0.1) is 12.4 Å². The molecule has 2 amide bonds. The Morgan fingerprint density at radius 3 is 2.45 bits per heavy atom. The molecule has 1 aliphatic heterocycles. The molecule has 2 aromatic heterocycles. The molecule has 44 heavy (non-hydrogen) atoms. The fourth-order valence-electron chi connectivity index (χ4n) is 4.88. The monoisotopic (exact) mass is 637 g/mol. The van der Waals surface area contributed by atoms with Crippen molar-refractivity contribution in [3.63, 3.8) is 0 Å². The number of para-hydroxylation sites is 1. The third-order valence-electron chi connectivity index (χ3n) is 7.32. The quantitative estimate of drug-likeness (QED) is 0.212. The van der Waals surface area contributed by atoms with Gasteiger partial charge in [0.05, 0.1) is 29.0 Å². The predicted octanol–water partition coefficient (Wildman–Crippen LogP) is 5.31. The van der Waals surface area contributed by atoms with Gasteiger partial charge in [-0.3, -0.25) is 14.4 Å². The number of benzene rings is 2. The van der Waals surface area contributed by atoms with Crippen LogP contribution in [0.4, 0.5) is 11.5 Å². The van der Waals surface area contributed by atoms with Crippen LogP contribution in [0.1, 0.15) is 33.6 Å². The Morgan fingerprint density at radius 2 is 1.75 bits per heavy atom. The highest BCUT2D eigenvalue weighted by atomic mass is 35.5. The number of halogens is 2. The lowest BCUT2D eigenvalue weighted by molar-refractivity contribution is 0.00859. The number of hydrogen-bond donors (Lipinski definition) is 3. The maximum absolute atomic E-state index is 13.2. The summed E-state index contributed by atoms with van der Waals surface area (Å²) in [6.07, 6.45) is 5.34. The first-order valence-electron chi connectivity index (χ1n) is 13.9. The van der Waals surface area contributed by atoms with Gasteiger partial charge in [-0.2, -0.15) is 0 Å². The number of hydrogen-bond acceptors (Lipinski definition) is 7. The molecule has 0 spiro atoms. The van der Waals surface area contributed by atoms with Crippen LogP contribution in [-0.2, 0) is 11.3 Å². The second kappa shape index (κ2) is 15.0. The van der Waals surface area contributed by atoms with E-state index in [4.69, 9.17) is 16.3 Å². The summed E-state index contributed by atoms with van der Waals surface area (Å²) in [6, 6.07) is 17.6. The van der Waals surface area contributed by atoms with Crippen molar-refractivity contribution in [2.45, 2.75) is 25.5 Å². The number of anilines is 2. The molecule has 230 valence electrons. The molecule has 10 nitrogen and oxygen atoms in total. The van der Waals surface area contributed by atoms with Crippen molar-refractivity contribution in [3.05, 3.63) is 106 Å². The fraction of sp³-hybridized carbons (Fsp3) is 0.250. The van der Waals surface area contributed by atoms with Crippen molar-refractivity contribution in [2.24, 2.45) is 0 Å². The molecule has 1 fully saturated rings. The summed E-state index contributed by atoms with van der Waals surface area (Å²) in [5.74, 6) is -1.13. The minimum absolute atomic E-state index is 0. The maximum atomic E-state index is 13.2. The number of amides is 2. The van der Waals surface area contributed by atoms with Crippen LogP contribution in [0.3, 0.4) is 0 Å². The van der Waals surface area contributed by atoms with Crippen molar-refractivity contribution < 1.29 is 19.4 Å². The largest absolute Gasteiger partial charge is 0.506 e. The van der Waals surface area contributed by atoms with E-state index in [2.05, 4.69) is 27.6 Å². The van der Waals surface area contributed by atoms with Gasteiger partial charge in [-0.25, -0.2) is 4.98 Å². The van der Waals surface area contributed by atoms with Crippen LogP contribution in [0.15, 0.2) is 83.9 Å². The van der Waals surface area contributed by atoms with Gasteiger partial charge in [-0.1, -0.05) is 29.8 Å². The number of aromatic nitrogens is 2. The number of carbonyl (C=O) groups excluding carboxylic acids is 2. The summed E-state index contributed by atoms with van der Waals surface area (Å²) >= 11 is 5.85. The van der Waals surface area contributed by atoms with Gasteiger partial charge in [0.2, 0.25) is 0 Å². The summed E-state index contributed by atoms with van der Waals surface area (Å²) in [4.78, 5) is 45.5. The molecule has 0 saturated carbocycles. The van der Waals surface area contributed by atoms with E-state index in [0.29, 0.717) is 29.3 Å². The first kappa shape index (κ1) is 32.7. The molecule has 1 saturated heterocycles. The average molecular weight is 639 g/mol. The zero-order valence-corrected chi connectivity index (χ0v) is 25.6. The molecule has 3 N–H and O–H groups in total. The highest BCUT2D eigenvalue weighted by Crippen LogP contribution is 2.29. The van der Waals surface area contributed by atoms with Crippen molar-refractivity contribution in [3.8, 4) is 16.9 Å². The van der Waals surface area contributed by atoms with Crippen LogP contribution < -0.4 is 16.2 Å². The van der Waals surface area contributed by atoms with Crippen molar-refractivity contribution >= 4 is 47.3 Å². The Kier molecular flexibility index (Phi) is 11.1. The van der Waals surface area contributed by atoms with Crippen molar-refractivity contribution in [1.82, 2.24) is 14.5 Å². The summed E-state index contributed by atoms with van der Waals surface area (Å²) in [5, 5.41) is 16.1. The van der Waals surface area contributed by atoms with E-state index in [1.807, 2.05) is 6.07 Å². The van der Waals surface area contributed by atoms with Crippen LogP contribution >= 0.6 is 24.0 Å². The SMILES string of the molecule is CN1CCC(OCCn2cccc(-c3ccc(C(=O)Nc4c(O)cccc4C(=O)Nc4ccc(Cl)cn4)cc3)c2=O)CC1.Cl. The number of piperidine rings is 1. The number of nitrogens with one attached hydrogen (secondary N) is 2. The zero-order chi connectivity index (χ0) is 30.3. The molecule has 1 aliphatic rings. The van der Waals surface area contributed by atoms with Crippen LogP contribution in [-0.4, -0.2) is 64.2 Å². The van der Waals surface area contributed by atoms with Crippen LogP contribution in [0.25, 0.3) is 11.1 Å². The standard InChI is InChI=1S/C32H32ClN5O5.ClH/c1-37-16-13-24(14-17-37)43-19-18-38-15-3-5-25(32(38)42)21-7-9-22(10-8-21)30(40)36-29-26(4-2-6-27(29)39)31(41)35-28-12-11-23(33)20-34-28;/h2-12,15,20,24,39H,13-14,16-19H2,1H3,(H,36,40)(H,34,35,41);1H. The number of aromatic hydroxyl groups is 1.